The van der Waals surface area contributed by atoms with Crippen molar-refractivity contribution >= 4 is 9.52 Å². The zero-order valence-electron chi connectivity index (χ0n) is 4.78. The van der Waals surface area contributed by atoms with E-state index in [9.17, 15) is 0 Å². The van der Waals surface area contributed by atoms with Gasteiger partial charge in [0.1, 0.15) is 0 Å². The molecule has 0 rings (SSSR count). The maximum atomic E-state index is 2.35. The molecule has 0 aliphatic rings. The first-order valence-corrected chi connectivity index (χ1v) is 4.63. The molecule has 0 spiro atoms. The summed E-state index contributed by atoms with van der Waals surface area (Å²) in [5.41, 5.74) is 3.82. The molecule has 0 bridgehead atoms. The van der Waals surface area contributed by atoms with Crippen molar-refractivity contribution in [3.05, 3.63) is 11.3 Å². The van der Waals surface area contributed by atoms with Crippen LogP contribution in [0.5, 0.6) is 0 Å². The van der Waals surface area contributed by atoms with Gasteiger partial charge in [-0.15, -0.1) is 5.70 Å². The SMILES string of the molecule is C[SiH2]C=C(C)C. The Morgan fingerprint density at radius 3 is 2.00 bits per heavy atom. The van der Waals surface area contributed by atoms with E-state index in [0.717, 1.165) is 0 Å². The summed E-state index contributed by atoms with van der Waals surface area (Å²) in [5, 5.41) is 0. The van der Waals surface area contributed by atoms with Gasteiger partial charge in [0.15, 0.2) is 0 Å². The van der Waals surface area contributed by atoms with Crippen LogP contribution in [0.3, 0.4) is 0 Å². The third-order valence-electron chi connectivity index (χ3n) is 0.612. The Hall–Kier alpha value is -0.0431. The van der Waals surface area contributed by atoms with Gasteiger partial charge >= 0.3 is 0 Å². The molecule has 0 unspecified atom stereocenters. The van der Waals surface area contributed by atoms with E-state index in [4.69, 9.17) is 0 Å². The molecule has 0 nitrogen and oxygen atoms in total. The van der Waals surface area contributed by atoms with Gasteiger partial charge in [-0.05, 0) is 13.8 Å². The molecule has 0 saturated heterocycles. The lowest BCUT2D eigenvalue weighted by atomic mass is 10.4. The first kappa shape index (κ1) is 5.96. The first-order valence-electron chi connectivity index (χ1n) is 2.40. The normalized spacial score (nSPS) is 9.83. The van der Waals surface area contributed by atoms with Gasteiger partial charge in [0.05, 0.1) is 0 Å². The van der Waals surface area contributed by atoms with Crippen LogP contribution >= 0.6 is 0 Å². The average Bonchev–Trinajstić information content (AvgIpc) is 1.35. The van der Waals surface area contributed by atoms with E-state index in [1.54, 1.807) is 0 Å². The van der Waals surface area contributed by atoms with Crippen molar-refractivity contribution in [2.24, 2.45) is 0 Å². The minimum absolute atomic E-state index is 0.204. The monoisotopic (exact) mass is 100 g/mol. The summed E-state index contributed by atoms with van der Waals surface area (Å²) in [6.45, 7) is 6.58. The lowest BCUT2D eigenvalue weighted by molar-refractivity contribution is 1.41. The molecule has 0 aromatic heterocycles. The van der Waals surface area contributed by atoms with E-state index in [1.807, 2.05) is 0 Å². The third-order valence-corrected chi connectivity index (χ3v) is 1.84. The van der Waals surface area contributed by atoms with E-state index in [0.29, 0.717) is 0 Å². The van der Waals surface area contributed by atoms with E-state index < -0.39 is 0 Å². The summed E-state index contributed by atoms with van der Waals surface area (Å²) in [7, 11) is 0.204. The number of hydrogen-bond acceptors (Lipinski definition) is 0. The van der Waals surface area contributed by atoms with Gasteiger partial charge in [-0.25, -0.2) is 0 Å². The largest absolute Gasteiger partial charge is 0.103 e. The third kappa shape index (κ3) is 3.96. The lowest BCUT2D eigenvalue weighted by Crippen LogP contribution is -1.71. The summed E-state index contributed by atoms with van der Waals surface area (Å²) in [6, 6.07) is 0. The Labute approximate surface area is 42.1 Å². The van der Waals surface area contributed by atoms with Crippen LogP contribution in [-0.4, -0.2) is 9.52 Å². The molecule has 0 saturated carbocycles. The van der Waals surface area contributed by atoms with E-state index in [2.05, 4.69) is 26.1 Å². The van der Waals surface area contributed by atoms with E-state index in [1.165, 1.54) is 5.57 Å². The quantitative estimate of drug-likeness (QED) is 0.433. The highest BCUT2D eigenvalue weighted by Crippen LogP contribution is 1.83. The fourth-order valence-corrected chi connectivity index (χ4v) is 1.22. The number of hydrogen-bond donors (Lipinski definition) is 0. The van der Waals surface area contributed by atoms with Crippen LogP contribution in [0, 0.1) is 0 Å². The zero-order valence-corrected chi connectivity index (χ0v) is 6.20. The Bertz CT molecular complexity index is 51.0. The second-order valence-electron chi connectivity index (χ2n) is 1.69. The van der Waals surface area contributed by atoms with Crippen LogP contribution in [0.15, 0.2) is 11.3 Å². The van der Waals surface area contributed by atoms with Gasteiger partial charge < -0.3 is 0 Å². The van der Waals surface area contributed by atoms with E-state index >= 15 is 0 Å². The molecule has 0 atom stereocenters. The van der Waals surface area contributed by atoms with Crippen molar-refractivity contribution in [2.45, 2.75) is 20.4 Å². The smallest absolute Gasteiger partial charge is 0.0422 e. The van der Waals surface area contributed by atoms with Gasteiger partial charge in [-0.3, -0.25) is 0 Å². The van der Waals surface area contributed by atoms with Crippen molar-refractivity contribution in [3.63, 3.8) is 0 Å². The molecule has 0 aliphatic carbocycles. The minimum Gasteiger partial charge on any atom is -0.103 e. The molecule has 0 N–H and O–H groups in total. The van der Waals surface area contributed by atoms with Gasteiger partial charge in [-0.2, -0.15) is 0 Å². The fraction of sp³-hybridized carbons (Fsp3) is 0.600. The van der Waals surface area contributed by atoms with Crippen molar-refractivity contribution in [2.75, 3.05) is 0 Å². The van der Waals surface area contributed by atoms with Gasteiger partial charge in [0.25, 0.3) is 0 Å². The maximum Gasteiger partial charge on any atom is 0.0422 e. The molecule has 0 radical (unpaired) electrons. The van der Waals surface area contributed by atoms with Crippen LogP contribution in [0.25, 0.3) is 0 Å². The molecule has 0 fully saturated rings. The Kier molecular flexibility index (Phi) is 3.14. The zero-order chi connectivity index (χ0) is 4.99. The van der Waals surface area contributed by atoms with Crippen molar-refractivity contribution in [1.29, 1.82) is 0 Å². The Morgan fingerprint density at radius 2 is 2.00 bits per heavy atom. The van der Waals surface area contributed by atoms with Crippen LogP contribution in [-0.2, 0) is 0 Å². The molecule has 36 valence electrons. The lowest BCUT2D eigenvalue weighted by Gasteiger charge is -1.79. The summed E-state index contributed by atoms with van der Waals surface area (Å²) in [5.74, 6) is 0. The number of allylic oxidation sites excluding steroid dienone is 1. The van der Waals surface area contributed by atoms with Crippen molar-refractivity contribution < 1.29 is 0 Å². The highest BCUT2D eigenvalue weighted by Gasteiger charge is 1.68. The van der Waals surface area contributed by atoms with Gasteiger partial charge in [0.2, 0.25) is 0 Å². The summed E-state index contributed by atoms with van der Waals surface area (Å²) < 4.78 is 0. The van der Waals surface area contributed by atoms with Crippen LogP contribution in [0.4, 0.5) is 0 Å². The molecule has 0 amide bonds. The molecule has 1 heteroatoms. The van der Waals surface area contributed by atoms with Crippen molar-refractivity contribution in [3.8, 4) is 0 Å². The summed E-state index contributed by atoms with van der Waals surface area (Å²) in [4.78, 5) is 0. The Morgan fingerprint density at radius 1 is 1.50 bits per heavy atom. The Balaban J connectivity index is 3.14. The van der Waals surface area contributed by atoms with Gasteiger partial charge in [-0.1, -0.05) is 12.1 Å². The predicted octanol–water partition coefficient (Wildman–Crippen LogP) is 1.13. The van der Waals surface area contributed by atoms with Crippen LogP contribution < -0.4 is 0 Å². The second kappa shape index (κ2) is 3.16. The standard InChI is InChI=1S/C5H12Si/c1-5(2)4-6-3/h4H,6H2,1-3H3. The van der Waals surface area contributed by atoms with Crippen LogP contribution in [0.1, 0.15) is 13.8 Å². The molecular formula is C5H12Si. The average molecular weight is 100 g/mol. The van der Waals surface area contributed by atoms with Gasteiger partial charge in [0, 0.05) is 9.52 Å². The van der Waals surface area contributed by atoms with Crippen molar-refractivity contribution in [1.82, 2.24) is 0 Å². The molecule has 6 heavy (non-hydrogen) atoms. The summed E-state index contributed by atoms with van der Waals surface area (Å²) in [6.07, 6.45) is 0. The number of rotatable bonds is 1. The second-order valence-corrected chi connectivity index (χ2v) is 2.91. The highest BCUT2D eigenvalue weighted by atomic mass is 28.2. The summed E-state index contributed by atoms with van der Waals surface area (Å²) >= 11 is 0. The minimum atomic E-state index is 0.204. The molecule has 0 heterocycles. The van der Waals surface area contributed by atoms with Crippen LogP contribution in [0.2, 0.25) is 6.55 Å². The predicted molar refractivity (Wildman–Crippen MR) is 33.8 cm³/mol. The molecule has 0 aromatic rings. The fourth-order valence-electron chi connectivity index (χ4n) is 0.408. The first-order chi connectivity index (χ1) is 2.77. The molecule has 0 aliphatic heterocycles. The maximum absolute atomic E-state index is 2.35. The molecule has 0 aromatic carbocycles. The highest BCUT2D eigenvalue weighted by molar-refractivity contribution is 6.40. The molecular weight excluding hydrogens is 88.1 g/mol. The topological polar surface area (TPSA) is 0 Å². The van der Waals surface area contributed by atoms with E-state index in [-0.39, 0.29) is 9.52 Å².